The van der Waals surface area contributed by atoms with Crippen LogP contribution < -0.4 is 0 Å². The van der Waals surface area contributed by atoms with Crippen molar-refractivity contribution in [2.45, 2.75) is 44.9 Å². The third-order valence-corrected chi connectivity index (χ3v) is 5.36. The minimum atomic E-state index is 0.221. The third kappa shape index (κ3) is 2.97. The molecule has 0 aromatic heterocycles. The van der Waals surface area contributed by atoms with Crippen molar-refractivity contribution >= 4 is 11.6 Å². The normalized spacial score (nSPS) is 23.9. The summed E-state index contributed by atoms with van der Waals surface area (Å²) in [5.41, 5.74) is 5.75. The molecule has 1 aromatic carbocycles. The topological polar surface area (TPSA) is 23.5 Å². The van der Waals surface area contributed by atoms with Crippen LogP contribution in [0.15, 0.2) is 23.3 Å². The van der Waals surface area contributed by atoms with E-state index in [1.807, 2.05) is 12.1 Å². The number of allylic oxidation sites excluding steroid dienone is 1. The molecule has 3 heteroatoms. The molecule has 1 aliphatic carbocycles. The second kappa shape index (κ2) is 6.02. The smallest absolute Gasteiger partial charge is 0.134 e. The zero-order chi connectivity index (χ0) is 15.0. The van der Waals surface area contributed by atoms with Gasteiger partial charge in [0.1, 0.15) is 5.75 Å². The van der Waals surface area contributed by atoms with Crippen LogP contribution in [-0.4, -0.2) is 30.1 Å². The first-order valence-corrected chi connectivity index (χ1v) is 8.32. The Morgan fingerprint density at radius 1 is 1.19 bits per heavy atom. The van der Waals surface area contributed by atoms with Crippen molar-refractivity contribution in [1.29, 1.82) is 0 Å². The van der Waals surface area contributed by atoms with E-state index in [0.29, 0.717) is 10.9 Å². The Hall–Kier alpha value is -0.990. The molecule has 0 saturated heterocycles. The van der Waals surface area contributed by atoms with Gasteiger partial charge in [0.05, 0.1) is 5.02 Å². The molecule has 2 aliphatic rings. The Kier molecular flexibility index (Phi) is 4.28. The van der Waals surface area contributed by atoms with Gasteiger partial charge in [0.2, 0.25) is 0 Å². The van der Waals surface area contributed by atoms with E-state index in [0.717, 1.165) is 19.5 Å². The van der Waals surface area contributed by atoms with Crippen molar-refractivity contribution in [3.8, 4) is 5.75 Å². The highest BCUT2D eigenvalue weighted by molar-refractivity contribution is 6.32. The number of hydrogen-bond donors (Lipinski definition) is 1. The van der Waals surface area contributed by atoms with Gasteiger partial charge < -0.3 is 10.0 Å². The van der Waals surface area contributed by atoms with Gasteiger partial charge in [-0.15, -0.1) is 0 Å². The summed E-state index contributed by atoms with van der Waals surface area (Å²) in [7, 11) is 2.19. The Morgan fingerprint density at radius 2 is 1.95 bits per heavy atom. The fourth-order valence-corrected chi connectivity index (χ4v) is 4.01. The average Bonchev–Trinajstić information content (AvgIpc) is 2.61. The van der Waals surface area contributed by atoms with Gasteiger partial charge in [-0.2, -0.15) is 0 Å². The second-order valence-corrected chi connectivity index (χ2v) is 6.99. The molecule has 0 amide bonds. The molecule has 0 fully saturated rings. The van der Waals surface area contributed by atoms with Gasteiger partial charge in [0.25, 0.3) is 0 Å². The van der Waals surface area contributed by atoms with Gasteiger partial charge in [-0.25, -0.2) is 0 Å². The number of fused-ring (bicyclic) bond motifs is 1. The number of aromatic hydroxyl groups is 1. The number of benzene rings is 1. The molecule has 1 heterocycles. The minimum Gasteiger partial charge on any atom is -0.506 e. The number of phenolic OH excluding ortho intramolecular Hbond substituents is 1. The minimum absolute atomic E-state index is 0.221. The summed E-state index contributed by atoms with van der Waals surface area (Å²) in [5, 5.41) is 10.5. The van der Waals surface area contributed by atoms with Crippen LogP contribution in [0.3, 0.4) is 0 Å². The summed E-state index contributed by atoms with van der Waals surface area (Å²) < 4.78 is 0. The van der Waals surface area contributed by atoms with Gasteiger partial charge in [-0.1, -0.05) is 22.7 Å². The van der Waals surface area contributed by atoms with E-state index in [4.69, 9.17) is 11.6 Å². The molecule has 0 bridgehead atoms. The van der Waals surface area contributed by atoms with Crippen molar-refractivity contribution in [1.82, 2.24) is 4.90 Å². The lowest BCUT2D eigenvalue weighted by atomic mass is 9.79. The highest BCUT2D eigenvalue weighted by atomic mass is 35.5. The quantitative estimate of drug-likeness (QED) is 0.772. The molecule has 1 N–H and O–H groups in total. The van der Waals surface area contributed by atoms with Gasteiger partial charge in [0.15, 0.2) is 0 Å². The fraction of sp³-hybridized carbons (Fsp3) is 0.556. The Balaban J connectivity index is 2.09. The first-order chi connectivity index (χ1) is 10.1. The Bertz CT molecular complexity index is 579. The number of hydrogen-bond acceptors (Lipinski definition) is 2. The maximum Gasteiger partial charge on any atom is 0.134 e. The predicted molar refractivity (Wildman–Crippen MR) is 88.2 cm³/mol. The molecule has 1 aliphatic heterocycles. The lowest BCUT2D eigenvalue weighted by Gasteiger charge is -2.29. The van der Waals surface area contributed by atoms with Crippen LogP contribution in [0.5, 0.6) is 5.75 Å². The second-order valence-electron chi connectivity index (χ2n) is 6.58. The number of halogens is 1. The van der Waals surface area contributed by atoms with Crippen LogP contribution in [0.1, 0.15) is 49.7 Å². The molecule has 2 nitrogen and oxygen atoms in total. The summed E-state index contributed by atoms with van der Waals surface area (Å²) in [6.45, 7) is 4.38. The number of nitrogens with zero attached hydrogens (tertiary/aromatic N) is 1. The molecule has 0 unspecified atom stereocenters. The van der Waals surface area contributed by atoms with E-state index in [-0.39, 0.29) is 5.75 Å². The van der Waals surface area contributed by atoms with E-state index in [1.54, 1.807) is 11.1 Å². The van der Waals surface area contributed by atoms with Crippen LogP contribution in [0.4, 0.5) is 0 Å². The number of likely N-dealkylation sites (N-methyl/N-ethyl adjacent to an activating group) is 1. The first kappa shape index (κ1) is 14.9. The predicted octanol–water partition coefficient (Wildman–Crippen LogP) is 4.51. The molecule has 1 atom stereocenters. The van der Waals surface area contributed by atoms with Crippen LogP contribution in [0.25, 0.3) is 0 Å². The van der Waals surface area contributed by atoms with Crippen LogP contribution in [-0.2, 0) is 6.42 Å². The summed E-state index contributed by atoms with van der Waals surface area (Å²) in [5.74, 6) is 0.634. The highest BCUT2D eigenvalue weighted by Crippen LogP contribution is 2.41. The van der Waals surface area contributed by atoms with E-state index in [1.165, 1.54) is 36.8 Å². The van der Waals surface area contributed by atoms with E-state index in [2.05, 4.69) is 18.9 Å². The molecular weight excluding hydrogens is 282 g/mol. The van der Waals surface area contributed by atoms with E-state index < -0.39 is 0 Å². The molecule has 21 heavy (non-hydrogen) atoms. The summed E-state index contributed by atoms with van der Waals surface area (Å²) >= 11 is 6.12. The van der Waals surface area contributed by atoms with Gasteiger partial charge in [-0.05, 0) is 69.3 Å². The molecule has 114 valence electrons. The average molecular weight is 306 g/mol. The lowest BCUT2D eigenvalue weighted by Crippen LogP contribution is -2.25. The maximum atomic E-state index is 10.1. The summed E-state index contributed by atoms with van der Waals surface area (Å²) in [4.78, 5) is 2.41. The van der Waals surface area contributed by atoms with Crippen LogP contribution in [0.2, 0.25) is 5.02 Å². The molecule has 0 radical (unpaired) electrons. The number of phenols is 1. The Morgan fingerprint density at radius 3 is 2.71 bits per heavy atom. The van der Waals surface area contributed by atoms with Crippen molar-refractivity contribution in [3.63, 3.8) is 0 Å². The first-order valence-electron chi connectivity index (χ1n) is 7.94. The van der Waals surface area contributed by atoms with Gasteiger partial charge in [0, 0.05) is 19.0 Å². The monoisotopic (exact) mass is 305 g/mol. The summed E-state index contributed by atoms with van der Waals surface area (Å²) in [6.07, 6.45) is 6.05. The van der Waals surface area contributed by atoms with Gasteiger partial charge >= 0.3 is 0 Å². The van der Waals surface area contributed by atoms with E-state index in [9.17, 15) is 5.11 Å². The zero-order valence-corrected chi connectivity index (χ0v) is 13.7. The third-order valence-electron chi connectivity index (χ3n) is 5.06. The van der Waals surface area contributed by atoms with Crippen LogP contribution >= 0.6 is 11.6 Å². The van der Waals surface area contributed by atoms with Gasteiger partial charge in [-0.3, -0.25) is 0 Å². The molecule has 0 spiro atoms. The number of rotatable bonds is 1. The Labute approximate surface area is 132 Å². The van der Waals surface area contributed by atoms with Crippen molar-refractivity contribution in [3.05, 3.63) is 39.4 Å². The van der Waals surface area contributed by atoms with E-state index >= 15 is 0 Å². The van der Waals surface area contributed by atoms with Crippen molar-refractivity contribution < 1.29 is 5.11 Å². The summed E-state index contributed by atoms with van der Waals surface area (Å²) in [6, 6.07) is 3.88. The van der Waals surface area contributed by atoms with Crippen molar-refractivity contribution in [2.24, 2.45) is 0 Å². The fourth-order valence-electron chi connectivity index (χ4n) is 3.82. The molecule has 1 aromatic rings. The van der Waals surface area contributed by atoms with Crippen LogP contribution in [0, 0.1) is 0 Å². The van der Waals surface area contributed by atoms with Crippen molar-refractivity contribution in [2.75, 3.05) is 20.1 Å². The maximum absolute atomic E-state index is 10.1. The molecule has 3 rings (SSSR count). The lowest BCUT2D eigenvalue weighted by molar-refractivity contribution is 0.332. The molecular formula is C18H24ClNO. The zero-order valence-electron chi connectivity index (χ0n) is 13.0. The highest BCUT2D eigenvalue weighted by Gasteiger charge is 2.27. The standard InChI is InChI=1S/C18H24ClNO/c1-12-5-3-4-6-14(12)16-11-20(2)8-7-13-9-17(19)18(21)10-15(13)16/h9-10,16,21H,3-8,11H2,1-2H3/t16-/m0/s1. The molecule has 0 saturated carbocycles. The SMILES string of the molecule is CC1=C([C@@H]2CN(C)CCc3cc(Cl)c(O)cc32)CCCC1. The largest absolute Gasteiger partial charge is 0.506 e.